The van der Waals surface area contributed by atoms with Crippen LogP contribution in [0.25, 0.3) is 0 Å². The number of carbonyl (C=O) groups is 1. The number of benzene rings is 4. The van der Waals surface area contributed by atoms with Crippen molar-refractivity contribution in [3.05, 3.63) is 141 Å². The lowest BCUT2D eigenvalue weighted by molar-refractivity contribution is -0.384. The van der Waals surface area contributed by atoms with E-state index in [1.54, 1.807) is 17.0 Å². The number of aliphatic imine (C=N–C) groups is 1. The molecule has 0 fully saturated rings. The van der Waals surface area contributed by atoms with Crippen molar-refractivity contribution in [3.8, 4) is 0 Å². The number of nitro groups is 1. The number of non-ortho nitro benzene ring substituents is 1. The fourth-order valence-corrected chi connectivity index (χ4v) is 5.09. The molecule has 7 heteroatoms. The lowest BCUT2D eigenvalue weighted by Crippen LogP contribution is -2.44. The van der Waals surface area contributed by atoms with Gasteiger partial charge in [-0.15, -0.1) is 0 Å². The third-order valence-corrected chi connectivity index (χ3v) is 6.95. The molecule has 0 saturated carbocycles. The third kappa shape index (κ3) is 3.67. The molecule has 2 atom stereocenters. The molecule has 0 N–H and O–H groups in total. The number of carbonyl (C=O) groups excluding carboxylic acids is 1. The second kappa shape index (κ2) is 8.71. The minimum atomic E-state index is -1.43. The molecule has 2 aliphatic heterocycles. The molecule has 37 heavy (non-hydrogen) atoms. The van der Waals surface area contributed by atoms with Gasteiger partial charge in [-0.2, -0.15) is 0 Å². The molecule has 1 amide bonds. The van der Waals surface area contributed by atoms with Crippen molar-refractivity contribution >= 4 is 23.2 Å². The number of nitrogens with zero attached hydrogens (tertiary/aromatic N) is 3. The first-order valence-electron chi connectivity index (χ1n) is 12.0. The summed E-state index contributed by atoms with van der Waals surface area (Å²) < 4.78 is 6.61. The first kappa shape index (κ1) is 22.7. The average molecular weight is 490 g/mol. The van der Waals surface area contributed by atoms with Crippen LogP contribution in [0.3, 0.4) is 0 Å². The maximum Gasteiger partial charge on any atom is 0.279 e. The van der Waals surface area contributed by atoms with Crippen LogP contribution in [0.2, 0.25) is 0 Å². The zero-order chi connectivity index (χ0) is 25.6. The Bertz CT molecular complexity index is 1530. The minimum Gasteiger partial charge on any atom is -0.453 e. The third-order valence-electron chi connectivity index (χ3n) is 6.95. The van der Waals surface area contributed by atoms with Crippen LogP contribution in [0.1, 0.15) is 33.9 Å². The van der Waals surface area contributed by atoms with Gasteiger partial charge in [0.05, 0.1) is 17.2 Å². The maximum atomic E-state index is 14.4. The number of para-hydroxylation sites is 1. The van der Waals surface area contributed by atoms with Crippen LogP contribution in [-0.2, 0) is 21.7 Å². The van der Waals surface area contributed by atoms with Crippen LogP contribution in [-0.4, -0.2) is 16.7 Å². The summed E-state index contributed by atoms with van der Waals surface area (Å²) in [6, 6.07) is 30.7. The van der Waals surface area contributed by atoms with E-state index in [4.69, 9.17) is 9.73 Å². The number of hydrogen-bond acceptors (Lipinski definition) is 5. The molecular formula is C30H23N3O4. The van der Waals surface area contributed by atoms with E-state index in [1.165, 1.54) is 12.1 Å². The van der Waals surface area contributed by atoms with Crippen molar-refractivity contribution in [2.45, 2.75) is 25.1 Å². The number of amides is 1. The van der Waals surface area contributed by atoms with Crippen LogP contribution < -0.4 is 4.90 Å². The summed E-state index contributed by atoms with van der Waals surface area (Å²) in [5.41, 5.74) is 3.56. The van der Waals surface area contributed by atoms with Gasteiger partial charge in [0, 0.05) is 23.3 Å². The molecule has 4 aromatic rings. The van der Waals surface area contributed by atoms with Gasteiger partial charge in [-0.1, -0.05) is 66.2 Å². The van der Waals surface area contributed by atoms with E-state index in [-0.39, 0.29) is 11.6 Å². The number of ether oxygens (including phenoxy) is 1. The van der Waals surface area contributed by atoms with Gasteiger partial charge in [-0.3, -0.25) is 14.9 Å². The van der Waals surface area contributed by atoms with Crippen LogP contribution in [0.5, 0.6) is 0 Å². The molecule has 0 aliphatic carbocycles. The van der Waals surface area contributed by atoms with E-state index >= 15 is 0 Å². The Morgan fingerprint density at radius 2 is 1.59 bits per heavy atom. The summed E-state index contributed by atoms with van der Waals surface area (Å²) in [6.07, 6.45) is 0. The van der Waals surface area contributed by atoms with E-state index < -0.39 is 16.6 Å². The van der Waals surface area contributed by atoms with E-state index in [0.717, 1.165) is 27.9 Å². The molecule has 2 heterocycles. The first-order chi connectivity index (χ1) is 18.0. The smallest absolute Gasteiger partial charge is 0.279 e. The fourth-order valence-electron chi connectivity index (χ4n) is 5.09. The second-order valence-electron chi connectivity index (χ2n) is 9.28. The largest absolute Gasteiger partial charge is 0.453 e. The second-order valence-corrected chi connectivity index (χ2v) is 9.28. The Hall–Kier alpha value is -4.78. The quantitative estimate of drug-likeness (QED) is 0.259. The lowest BCUT2D eigenvalue weighted by atomic mass is 9.84. The standard InChI is InChI=1S/C30H23N3O4/c1-20-11-13-23(14-12-20)28-31-27(22-15-17-24(18-16-22)33(35)36)30(37-28)25-9-5-6-10-26(25)32(29(30)34)19-21-7-3-2-4-8-21/h2-18,27H,19H2,1H3/t27-,30-/m1/s1. The normalized spacial score (nSPS) is 20.0. The van der Waals surface area contributed by atoms with Crippen molar-refractivity contribution < 1.29 is 14.5 Å². The molecular weight excluding hydrogens is 466 g/mol. The Balaban J connectivity index is 1.50. The van der Waals surface area contributed by atoms with Gasteiger partial charge in [-0.05, 0) is 48.4 Å². The molecule has 0 bridgehead atoms. The summed E-state index contributed by atoms with van der Waals surface area (Å²) in [7, 11) is 0. The summed E-state index contributed by atoms with van der Waals surface area (Å²) in [4.78, 5) is 31.9. The number of fused-ring (bicyclic) bond motifs is 2. The number of aryl methyl sites for hydroxylation is 1. The molecule has 2 aliphatic rings. The average Bonchev–Trinajstić information content (AvgIpc) is 3.43. The minimum absolute atomic E-state index is 0.0247. The van der Waals surface area contributed by atoms with E-state index in [9.17, 15) is 14.9 Å². The predicted octanol–water partition coefficient (Wildman–Crippen LogP) is 5.86. The van der Waals surface area contributed by atoms with E-state index in [0.29, 0.717) is 18.0 Å². The summed E-state index contributed by atoms with van der Waals surface area (Å²) in [5.74, 6) is 0.153. The Kier molecular flexibility index (Phi) is 5.34. The zero-order valence-corrected chi connectivity index (χ0v) is 20.1. The van der Waals surface area contributed by atoms with Gasteiger partial charge in [-0.25, -0.2) is 4.99 Å². The Morgan fingerprint density at radius 1 is 0.919 bits per heavy atom. The van der Waals surface area contributed by atoms with Crippen molar-refractivity contribution in [1.82, 2.24) is 0 Å². The Morgan fingerprint density at radius 3 is 2.30 bits per heavy atom. The van der Waals surface area contributed by atoms with Crippen molar-refractivity contribution in [1.29, 1.82) is 0 Å². The van der Waals surface area contributed by atoms with Crippen molar-refractivity contribution in [2.24, 2.45) is 4.99 Å². The molecule has 4 aromatic carbocycles. The van der Waals surface area contributed by atoms with E-state index in [2.05, 4.69) is 0 Å². The molecule has 0 saturated heterocycles. The van der Waals surface area contributed by atoms with Crippen LogP contribution in [0.15, 0.2) is 108 Å². The summed E-state index contributed by atoms with van der Waals surface area (Å²) >= 11 is 0. The number of rotatable bonds is 5. The molecule has 7 nitrogen and oxygen atoms in total. The topological polar surface area (TPSA) is 85.0 Å². The highest BCUT2D eigenvalue weighted by atomic mass is 16.6. The predicted molar refractivity (Wildman–Crippen MR) is 140 cm³/mol. The number of nitro benzene ring substituents is 1. The SMILES string of the molecule is Cc1ccc(C2=N[C@H](c3ccc([N+](=O)[O-])cc3)[C@@]3(O2)C(=O)N(Cc2ccccc2)c2ccccc23)cc1. The zero-order valence-electron chi connectivity index (χ0n) is 20.1. The monoisotopic (exact) mass is 489 g/mol. The molecule has 0 unspecified atom stereocenters. The van der Waals surface area contributed by atoms with Crippen LogP contribution >= 0.6 is 0 Å². The van der Waals surface area contributed by atoms with Gasteiger partial charge in [0.25, 0.3) is 11.6 Å². The van der Waals surface area contributed by atoms with Gasteiger partial charge in [0.2, 0.25) is 11.5 Å². The highest BCUT2D eigenvalue weighted by Crippen LogP contribution is 2.55. The van der Waals surface area contributed by atoms with Gasteiger partial charge in [0.1, 0.15) is 6.04 Å². The number of hydrogen-bond donors (Lipinski definition) is 0. The fraction of sp³-hybridized carbons (Fsp3) is 0.133. The van der Waals surface area contributed by atoms with E-state index in [1.807, 2.05) is 85.8 Å². The molecule has 0 radical (unpaired) electrons. The van der Waals surface area contributed by atoms with Crippen molar-refractivity contribution in [2.75, 3.05) is 4.90 Å². The summed E-state index contributed by atoms with van der Waals surface area (Å²) in [6.45, 7) is 2.38. The molecule has 1 spiro atoms. The van der Waals surface area contributed by atoms with Gasteiger partial charge >= 0.3 is 0 Å². The molecule has 0 aromatic heterocycles. The first-order valence-corrected chi connectivity index (χ1v) is 12.0. The van der Waals surface area contributed by atoms with Crippen molar-refractivity contribution in [3.63, 3.8) is 0 Å². The molecule has 182 valence electrons. The highest BCUT2D eigenvalue weighted by Gasteiger charge is 2.62. The van der Waals surface area contributed by atoms with Gasteiger partial charge in [0.15, 0.2) is 0 Å². The lowest BCUT2D eigenvalue weighted by Gasteiger charge is -2.29. The summed E-state index contributed by atoms with van der Waals surface area (Å²) in [5, 5.41) is 11.3. The van der Waals surface area contributed by atoms with Crippen LogP contribution in [0, 0.1) is 17.0 Å². The van der Waals surface area contributed by atoms with Crippen LogP contribution in [0.4, 0.5) is 11.4 Å². The Labute approximate surface area is 213 Å². The maximum absolute atomic E-state index is 14.4. The van der Waals surface area contributed by atoms with Gasteiger partial charge < -0.3 is 9.64 Å². The highest BCUT2D eigenvalue weighted by molar-refractivity contribution is 6.11. The molecule has 6 rings (SSSR count). The number of anilines is 1.